The number of urea groups is 1. The highest BCUT2D eigenvalue weighted by Crippen LogP contribution is 1.86. The Morgan fingerprint density at radius 2 is 2.00 bits per heavy atom. The third-order valence-electron chi connectivity index (χ3n) is 1.29. The van der Waals surface area contributed by atoms with Crippen LogP contribution in [-0.4, -0.2) is 36.7 Å². The standard InChI is InChI=1S/C5H13N3O/c1-4-7(2)8(3)5(6)9/h4H2,1-3H3,(H2,6,9). The van der Waals surface area contributed by atoms with Crippen LogP contribution in [0, 0.1) is 0 Å². The zero-order chi connectivity index (χ0) is 7.44. The Morgan fingerprint density at radius 3 is 2.11 bits per heavy atom. The lowest BCUT2D eigenvalue weighted by Crippen LogP contribution is -2.43. The van der Waals surface area contributed by atoms with Crippen LogP contribution >= 0.6 is 0 Å². The third kappa shape index (κ3) is 2.32. The zero-order valence-corrected chi connectivity index (χ0v) is 6.09. The van der Waals surface area contributed by atoms with E-state index in [9.17, 15) is 4.79 Å². The van der Waals surface area contributed by atoms with Crippen molar-refractivity contribution >= 4 is 6.03 Å². The molecule has 0 atom stereocenters. The fourth-order valence-electron chi connectivity index (χ4n) is 0.380. The van der Waals surface area contributed by atoms with Crippen molar-refractivity contribution in [1.82, 2.24) is 10.0 Å². The van der Waals surface area contributed by atoms with Gasteiger partial charge in [-0.1, -0.05) is 6.92 Å². The minimum absolute atomic E-state index is 0.431. The zero-order valence-electron chi connectivity index (χ0n) is 6.09. The average molecular weight is 131 g/mol. The van der Waals surface area contributed by atoms with Gasteiger partial charge in [0, 0.05) is 20.6 Å². The molecule has 0 aliphatic heterocycles. The molecule has 0 spiro atoms. The average Bonchev–Trinajstić information content (AvgIpc) is 1.84. The summed E-state index contributed by atoms with van der Waals surface area (Å²) < 4.78 is 0. The van der Waals surface area contributed by atoms with Gasteiger partial charge in [0.05, 0.1) is 0 Å². The van der Waals surface area contributed by atoms with Crippen LogP contribution in [0.2, 0.25) is 0 Å². The monoisotopic (exact) mass is 131 g/mol. The molecular formula is C5H13N3O. The van der Waals surface area contributed by atoms with Crippen LogP contribution in [-0.2, 0) is 0 Å². The topological polar surface area (TPSA) is 49.6 Å². The van der Waals surface area contributed by atoms with Gasteiger partial charge in [0.25, 0.3) is 0 Å². The van der Waals surface area contributed by atoms with E-state index in [2.05, 4.69) is 0 Å². The van der Waals surface area contributed by atoms with Crippen LogP contribution in [0.5, 0.6) is 0 Å². The van der Waals surface area contributed by atoms with E-state index in [0.29, 0.717) is 0 Å². The summed E-state index contributed by atoms with van der Waals surface area (Å²) >= 11 is 0. The lowest BCUT2D eigenvalue weighted by Gasteiger charge is -2.24. The van der Waals surface area contributed by atoms with Gasteiger partial charge in [-0.3, -0.25) is 5.01 Å². The lowest BCUT2D eigenvalue weighted by atomic mass is 10.7. The molecule has 0 aliphatic carbocycles. The first kappa shape index (κ1) is 8.23. The van der Waals surface area contributed by atoms with E-state index < -0.39 is 6.03 Å². The smallest absolute Gasteiger partial charge is 0.329 e. The van der Waals surface area contributed by atoms with Gasteiger partial charge in [-0.15, -0.1) is 0 Å². The molecule has 2 N–H and O–H groups in total. The summed E-state index contributed by atoms with van der Waals surface area (Å²) in [5, 5.41) is 3.09. The molecule has 2 amide bonds. The van der Waals surface area contributed by atoms with Crippen molar-refractivity contribution in [3.63, 3.8) is 0 Å². The van der Waals surface area contributed by atoms with E-state index in [0.717, 1.165) is 6.54 Å². The number of rotatable bonds is 2. The minimum Gasteiger partial charge on any atom is -0.350 e. The molecule has 0 bridgehead atoms. The largest absolute Gasteiger partial charge is 0.350 e. The molecule has 0 aromatic rings. The number of nitrogens with zero attached hydrogens (tertiary/aromatic N) is 2. The molecule has 9 heavy (non-hydrogen) atoms. The number of carbonyl (C=O) groups excluding carboxylic acids is 1. The van der Waals surface area contributed by atoms with Crippen molar-refractivity contribution in [3.8, 4) is 0 Å². The molecule has 0 fully saturated rings. The number of nitrogens with two attached hydrogens (primary N) is 1. The lowest BCUT2D eigenvalue weighted by molar-refractivity contribution is 0.0731. The summed E-state index contributed by atoms with van der Waals surface area (Å²) in [6, 6.07) is -0.431. The number of amides is 2. The van der Waals surface area contributed by atoms with E-state index >= 15 is 0 Å². The summed E-state index contributed by atoms with van der Waals surface area (Å²) in [4.78, 5) is 10.4. The SMILES string of the molecule is CCN(C)N(C)C(N)=O. The fraction of sp³-hybridized carbons (Fsp3) is 0.800. The molecule has 0 aliphatic rings. The predicted octanol–water partition coefficient (Wildman–Crippen LogP) is -0.136. The van der Waals surface area contributed by atoms with E-state index in [1.54, 1.807) is 19.1 Å². The third-order valence-corrected chi connectivity index (χ3v) is 1.29. The molecule has 4 heteroatoms. The number of hydrazine groups is 1. The molecule has 0 radical (unpaired) electrons. The highest BCUT2D eigenvalue weighted by Gasteiger charge is 2.05. The van der Waals surface area contributed by atoms with Gasteiger partial charge in [-0.05, 0) is 0 Å². The molecule has 0 aromatic heterocycles. The second kappa shape index (κ2) is 3.29. The van der Waals surface area contributed by atoms with Gasteiger partial charge in [0.1, 0.15) is 0 Å². The van der Waals surface area contributed by atoms with E-state index in [1.165, 1.54) is 5.01 Å². The number of carbonyl (C=O) groups is 1. The molecule has 0 saturated carbocycles. The maximum Gasteiger partial charge on any atom is 0.329 e. The normalized spacial score (nSPS) is 9.78. The first-order valence-electron chi connectivity index (χ1n) is 2.83. The fourth-order valence-corrected chi connectivity index (χ4v) is 0.380. The van der Waals surface area contributed by atoms with E-state index in [-0.39, 0.29) is 0 Å². The quantitative estimate of drug-likeness (QED) is 0.530. The Labute approximate surface area is 55.2 Å². The van der Waals surface area contributed by atoms with Crippen LogP contribution in [0.3, 0.4) is 0 Å². The first-order chi connectivity index (χ1) is 4.09. The maximum atomic E-state index is 10.4. The van der Waals surface area contributed by atoms with Crippen molar-refractivity contribution < 1.29 is 4.79 Å². The number of hydrogen-bond acceptors (Lipinski definition) is 2. The van der Waals surface area contributed by atoms with Crippen LogP contribution in [0.1, 0.15) is 6.92 Å². The second-order valence-corrected chi connectivity index (χ2v) is 1.84. The highest BCUT2D eigenvalue weighted by molar-refractivity contribution is 5.70. The van der Waals surface area contributed by atoms with Gasteiger partial charge >= 0.3 is 6.03 Å². The summed E-state index contributed by atoms with van der Waals surface area (Å²) in [5.41, 5.74) is 4.96. The Morgan fingerprint density at radius 1 is 1.56 bits per heavy atom. The molecule has 0 aromatic carbocycles. The number of primary amides is 1. The molecule has 4 nitrogen and oxygen atoms in total. The van der Waals surface area contributed by atoms with Crippen molar-refractivity contribution in [2.45, 2.75) is 6.92 Å². The molecule has 0 unspecified atom stereocenters. The van der Waals surface area contributed by atoms with Gasteiger partial charge in [-0.25, -0.2) is 9.80 Å². The number of hydrogen-bond donors (Lipinski definition) is 1. The van der Waals surface area contributed by atoms with E-state index in [1.807, 2.05) is 6.92 Å². The Balaban J connectivity index is 3.72. The minimum atomic E-state index is -0.431. The summed E-state index contributed by atoms with van der Waals surface area (Å²) in [6.07, 6.45) is 0. The van der Waals surface area contributed by atoms with Crippen molar-refractivity contribution in [2.75, 3.05) is 20.6 Å². The Hall–Kier alpha value is -0.770. The first-order valence-corrected chi connectivity index (χ1v) is 2.83. The van der Waals surface area contributed by atoms with Gasteiger partial charge in [0.2, 0.25) is 0 Å². The van der Waals surface area contributed by atoms with Crippen LogP contribution in [0.4, 0.5) is 4.79 Å². The predicted molar refractivity (Wildman–Crippen MR) is 35.7 cm³/mol. The van der Waals surface area contributed by atoms with Crippen LogP contribution in [0.25, 0.3) is 0 Å². The molecule has 54 valence electrons. The summed E-state index contributed by atoms with van der Waals surface area (Å²) in [6.45, 7) is 2.72. The van der Waals surface area contributed by atoms with Crippen LogP contribution < -0.4 is 5.73 Å². The Bertz CT molecular complexity index is 104. The second-order valence-electron chi connectivity index (χ2n) is 1.84. The van der Waals surface area contributed by atoms with Crippen molar-refractivity contribution in [2.24, 2.45) is 5.73 Å². The highest BCUT2D eigenvalue weighted by atomic mass is 16.2. The summed E-state index contributed by atoms with van der Waals surface area (Å²) in [7, 11) is 3.43. The van der Waals surface area contributed by atoms with Crippen molar-refractivity contribution in [1.29, 1.82) is 0 Å². The summed E-state index contributed by atoms with van der Waals surface area (Å²) in [5.74, 6) is 0. The van der Waals surface area contributed by atoms with Gasteiger partial charge < -0.3 is 5.73 Å². The maximum absolute atomic E-state index is 10.4. The molecule has 0 saturated heterocycles. The Kier molecular flexibility index (Phi) is 3.01. The van der Waals surface area contributed by atoms with Gasteiger partial charge in [0.15, 0.2) is 0 Å². The van der Waals surface area contributed by atoms with Crippen LogP contribution in [0.15, 0.2) is 0 Å². The molecule has 0 rings (SSSR count). The van der Waals surface area contributed by atoms with Gasteiger partial charge in [-0.2, -0.15) is 0 Å². The molecule has 0 heterocycles. The molecular weight excluding hydrogens is 118 g/mol. The van der Waals surface area contributed by atoms with Crippen molar-refractivity contribution in [3.05, 3.63) is 0 Å². The van der Waals surface area contributed by atoms with E-state index in [4.69, 9.17) is 5.73 Å².